The zero-order valence-corrected chi connectivity index (χ0v) is 21.4. The third kappa shape index (κ3) is 9.39. The molecule has 11 heteroatoms. The number of halogens is 2. The number of carbonyl (C=O) groups excluding carboxylic acids is 2. The number of carbonyl (C=O) groups is 4. The first kappa shape index (κ1) is 27.3. The van der Waals surface area contributed by atoms with Crippen molar-refractivity contribution >= 4 is 47.1 Å². The minimum atomic E-state index is -1.48. The van der Waals surface area contributed by atoms with Gasteiger partial charge in [-0.3, -0.25) is 9.59 Å². The summed E-state index contributed by atoms with van der Waals surface area (Å²) >= 11 is 11.9. The summed E-state index contributed by atoms with van der Waals surface area (Å²) in [6.07, 6.45) is -0.810. The fraction of sp³-hybridized carbons (Fsp3) is 0.360. The molecule has 0 aliphatic rings. The second-order valence-corrected chi connectivity index (χ2v) is 9.41. The van der Waals surface area contributed by atoms with Crippen LogP contribution in [0.25, 0.3) is 0 Å². The summed E-state index contributed by atoms with van der Waals surface area (Å²) in [5.41, 5.74) is 1.48. The molecule has 0 fully saturated rings. The molecule has 36 heavy (non-hydrogen) atoms. The van der Waals surface area contributed by atoms with Crippen LogP contribution in [0.15, 0.2) is 48.5 Å². The number of nitrogens with one attached hydrogen (secondary N) is 2. The molecule has 2 aromatic carbocycles. The molecular formula is C25H29Cl2N3O6. The van der Waals surface area contributed by atoms with Gasteiger partial charge in [0.15, 0.2) is 1.41 Å². The lowest BCUT2D eigenvalue weighted by atomic mass is 10.0. The Balaban J connectivity index is 2.29. The number of benzene rings is 2. The Morgan fingerprint density at radius 2 is 1.39 bits per heavy atom. The Labute approximate surface area is 220 Å². The molecule has 2 rings (SSSR count). The molecule has 2 aromatic rings. The van der Waals surface area contributed by atoms with E-state index in [2.05, 4.69) is 5.32 Å². The number of carboxylic acid groups (broad SMARTS) is 2. The normalized spacial score (nSPS) is 12.9. The molecule has 0 unspecified atom stereocenters. The van der Waals surface area contributed by atoms with E-state index in [1.165, 1.54) is 4.90 Å². The molecule has 0 radical (unpaired) electrons. The van der Waals surface area contributed by atoms with Gasteiger partial charge in [0, 0.05) is 29.6 Å². The molecular weight excluding hydrogens is 509 g/mol. The number of urea groups is 1. The number of rotatable bonds is 12. The maximum atomic E-state index is 13.5. The van der Waals surface area contributed by atoms with Crippen LogP contribution >= 0.6 is 23.2 Å². The number of amides is 3. The van der Waals surface area contributed by atoms with Crippen molar-refractivity contribution in [3.63, 3.8) is 0 Å². The predicted molar refractivity (Wildman–Crippen MR) is 136 cm³/mol. The smallest absolute Gasteiger partial charge is 0.326 e. The summed E-state index contributed by atoms with van der Waals surface area (Å²) < 4.78 is 8.55. The molecule has 2 atom stereocenters. The molecule has 9 nitrogen and oxygen atoms in total. The highest BCUT2D eigenvalue weighted by molar-refractivity contribution is 6.30. The average Bonchev–Trinajstić information content (AvgIpc) is 2.83. The van der Waals surface area contributed by atoms with Crippen molar-refractivity contribution in [2.24, 2.45) is 5.92 Å². The van der Waals surface area contributed by atoms with Gasteiger partial charge in [-0.05, 0) is 47.7 Å². The van der Waals surface area contributed by atoms with Crippen LogP contribution in [0.5, 0.6) is 0 Å². The zero-order chi connectivity index (χ0) is 27.7. The van der Waals surface area contributed by atoms with Crippen LogP contribution in [0.1, 0.15) is 37.8 Å². The fourth-order valence-corrected chi connectivity index (χ4v) is 3.56. The number of hydrogen-bond donors (Lipinski definition) is 4. The molecule has 0 aromatic heterocycles. The lowest BCUT2D eigenvalue weighted by molar-refractivity contribution is -0.143. The van der Waals surface area contributed by atoms with Crippen LogP contribution < -0.4 is 10.6 Å². The van der Waals surface area contributed by atoms with Crippen LogP contribution in [0, 0.1) is 5.92 Å². The largest absolute Gasteiger partial charge is 0.481 e. The maximum absolute atomic E-state index is 13.5. The monoisotopic (exact) mass is 538 g/mol. The third-order valence-corrected chi connectivity index (χ3v) is 5.76. The summed E-state index contributed by atoms with van der Waals surface area (Å²) in [7, 11) is 0. The fourth-order valence-electron chi connectivity index (χ4n) is 3.30. The van der Waals surface area contributed by atoms with E-state index in [0.717, 1.165) is 11.1 Å². The van der Waals surface area contributed by atoms with Gasteiger partial charge in [-0.2, -0.15) is 0 Å². The molecule has 0 bridgehead atoms. The van der Waals surface area contributed by atoms with Crippen molar-refractivity contribution in [1.82, 2.24) is 15.5 Å². The lowest BCUT2D eigenvalue weighted by Gasteiger charge is -2.29. The zero-order valence-electron chi connectivity index (χ0n) is 20.9. The summed E-state index contributed by atoms with van der Waals surface area (Å²) in [5, 5.41) is 22.1. The third-order valence-electron chi connectivity index (χ3n) is 5.25. The van der Waals surface area contributed by atoms with Crippen molar-refractivity contribution in [1.29, 1.82) is 0 Å². The molecule has 0 saturated carbocycles. The van der Waals surface area contributed by atoms with Gasteiger partial charge in [0.1, 0.15) is 12.1 Å². The summed E-state index contributed by atoms with van der Waals surface area (Å²) in [6.45, 7) is 3.46. The Hall–Kier alpha value is -3.30. The Kier molecular flexibility index (Phi) is 10.4. The van der Waals surface area contributed by atoms with Gasteiger partial charge in [0.2, 0.25) is 5.91 Å². The van der Waals surface area contributed by atoms with Crippen molar-refractivity contribution in [3.8, 4) is 0 Å². The standard InChI is InChI=1S/C25H29Cl2N3O6/c1-15(2)22(23(33)28-20(24(34)35)11-12-21(31)32)29-25(36)30(13-16-3-7-18(26)8-4-16)14-17-5-9-19(27)10-6-17/h3-10,15,20,22H,11-14H2,1-2H3,(H,28,33)(H,29,36)(H,31,32)(H,34,35)/t20-,22-/m0/s1/i/hD. The van der Waals surface area contributed by atoms with E-state index >= 15 is 0 Å². The quantitative estimate of drug-likeness (QED) is 0.320. The molecule has 0 saturated heterocycles. The van der Waals surface area contributed by atoms with Crippen molar-refractivity contribution < 1.29 is 30.8 Å². The summed E-state index contributed by atoms with van der Waals surface area (Å²) in [6, 6.07) is 10.1. The van der Waals surface area contributed by atoms with Crippen molar-refractivity contribution in [3.05, 3.63) is 69.7 Å². The van der Waals surface area contributed by atoms with Crippen LogP contribution in [0.2, 0.25) is 11.5 Å². The highest BCUT2D eigenvalue weighted by atomic mass is 35.5. The summed E-state index contributed by atoms with van der Waals surface area (Å²) in [5.74, 6) is -4.04. The molecule has 3 amide bonds. The van der Waals surface area contributed by atoms with Crippen LogP contribution in [-0.4, -0.2) is 51.1 Å². The van der Waals surface area contributed by atoms with E-state index in [9.17, 15) is 24.3 Å². The SMILES string of the molecule is [2H]N(C(=O)N(Cc1ccc(Cl)cc1)Cc1ccc(Cl)cc1)[C@H](C(=O)N[C@@H](CCC(=O)O)C(=O)O)C(C)C. The second kappa shape index (κ2) is 13.7. The molecule has 0 aliphatic carbocycles. The molecule has 0 spiro atoms. The molecule has 0 heterocycles. The first-order valence-corrected chi connectivity index (χ1v) is 12.0. The minimum Gasteiger partial charge on any atom is -0.481 e. The Morgan fingerprint density at radius 3 is 1.78 bits per heavy atom. The second-order valence-electron chi connectivity index (χ2n) is 8.54. The van der Waals surface area contributed by atoms with Gasteiger partial charge >= 0.3 is 18.0 Å². The van der Waals surface area contributed by atoms with E-state index in [0.29, 0.717) is 15.4 Å². The average molecular weight is 539 g/mol. The molecule has 4 N–H and O–H groups in total. The lowest BCUT2D eigenvalue weighted by Crippen LogP contribution is -2.56. The van der Waals surface area contributed by atoms with E-state index in [4.69, 9.17) is 29.7 Å². The van der Waals surface area contributed by atoms with Gasteiger partial charge in [0.25, 0.3) is 0 Å². The summed E-state index contributed by atoms with van der Waals surface area (Å²) in [4.78, 5) is 50.3. The van der Waals surface area contributed by atoms with Crippen LogP contribution in [-0.2, 0) is 27.5 Å². The van der Waals surface area contributed by atoms with E-state index in [1.54, 1.807) is 62.4 Å². The Bertz CT molecular complexity index is 1050. The first-order valence-electron chi connectivity index (χ1n) is 11.6. The maximum Gasteiger partial charge on any atom is 0.326 e. The Morgan fingerprint density at radius 1 is 0.917 bits per heavy atom. The first-order chi connectivity index (χ1) is 17.4. The van der Waals surface area contributed by atoms with E-state index < -0.39 is 48.3 Å². The molecule has 0 aliphatic heterocycles. The number of carboxylic acids is 2. The van der Waals surface area contributed by atoms with Gasteiger partial charge in [0.05, 0.1) is 0 Å². The van der Waals surface area contributed by atoms with E-state index in [-0.39, 0.29) is 19.5 Å². The van der Waals surface area contributed by atoms with Gasteiger partial charge < -0.3 is 25.7 Å². The minimum absolute atomic E-state index is 0.108. The van der Waals surface area contributed by atoms with Crippen LogP contribution in [0.4, 0.5) is 4.79 Å². The van der Waals surface area contributed by atoms with Gasteiger partial charge in [-0.25, -0.2) is 9.59 Å². The topological polar surface area (TPSA) is 136 Å². The number of nitrogens with zero attached hydrogens (tertiary/aromatic N) is 1. The predicted octanol–water partition coefficient (Wildman–Crippen LogP) is 4.16. The van der Waals surface area contributed by atoms with Gasteiger partial charge in [-0.15, -0.1) is 0 Å². The van der Waals surface area contributed by atoms with Gasteiger partial charge in [-0.1, -0.05) is 61.3 Å². The van der Waals surface area contributed by atoms with Crippen molar-refractivity contribution in [2.45, 2.75) is 51.9 Å². The number of aliphatic carboxylic acids is 2. The van der Waals surface area contributed by atoms with E-state index in [1.807, 2.05) is 0 Å². The number of hydrogen-bond acceptors (Lipinski definition) is 4. The van der Waals surface area contributed by atoms with Crippen molar-refractivity contribution in [2.75, 3.05) is 0 Å². The van der Waals surface area contributed by atoms with Crippen LogP contribution in [0.3, 0.4) is 0 Å². The highest BCUT2D eigenvalue weighted by Gasteiger charge is 2.30. The highest BCUT2D eigenvalue weighted by Crippen LogP contribution is 2.16. The molecule has 194 valence electrons.